The maximum absolute atomic E-state index is 7.50. The summed E-state index contributed by atoms with van der Waals surface area (Å²) in [4.78, 5) is 0. The van der Waals surface area contributed by atoms with Crippen LogP contribution in [0.25, 0.3) is 0 Å². The van der Waals surface area contributed by atoms with Crippen molar-refractivity contribution < 1.29 is 35.7 Å². The average Bonchev–Trinajstić information content (AvgIpc) is 2.03. The Labute approximate surface area is 63.0 Å². The second kappa shape index (κ2) is 1160. The van der Waals surface area contributed by atoms with E-state index in [-0.39, 0.29) is 17.1 Å². The van der Waals surface area contributed by atoms with Gasteiger partial charge in [-0.2, -0.15) is 0 Å². The second-order valence-electron chi connectivity index (χ2n) is 0. The van der Waals surface area contributed by atoms with E-state index in [1.54, 1.807) is 0 Å². The van der Waals surface area contributed by atoms with Gasteiger partial charge in [-0.25, -0.2) is 0 Å². The molecule has 0 unspecified atom stereocenters. The Bertz CT molecular complexity index is 55.5. The van der Waals surface area contributed by atoms with Crippen LogP contribution in [0.15, 0.2) is 0 Å². The molecule has 5 heteroatoms. The standard InChI is InChI=1S/4CO.Mn/c4*1-2;. The first-order valence-electron chi connectivity index (χ1n) is 0.816. The normalized spacial score (nSPS) is 0.889. The van der Waals surface area contributed by atoms with Gasteiger partial charge in [0.15, 0.2) is 0 Å². The quantitative estimate of drug-likeness (QED) is 0.273. The molecule has 0 rings (SSSR count). The number of rotatable bonds is 0. The first-order chi connectivity index (χ1) is 4.00. The van der Waals surface area contributed by atoms with E-state index in [9.17, 15) is 0 Å². The van der Waals surface area contributed by atoms with Crippen LogP contribution >= 0.6 is 0 Å². The maximum atomic E-state index is 7.50. The van der Waals surface area contributed by atoms with Gasteiger partial charge in [0.2, 0.25) is 0 Å². The van der Waals surface area contributed by atoms with Gasteiger partial charge in [-0.15, -0.1) is 0 Å². The SMILES string of the molecule is [C-]#[O+].[C-]#[O+].[C-]#[O+].[C-]#[O+].[Mn]. The molecule has 0 aromatic heterocycles. The van der Waals surface area contributed by atoms with Gasteiger partial charge in [0.25, 0.3) is 0 Å². The summed E-state index contributed by atoms with van der Waals surface area (Å²) in [5.41, 5.74) is 0. The number of hydrogen-bond donors (Lipinski definition) is 0. The van der Waals surface area contributed by atoms with Crippen LogP contribution in [0.3, 0.4) is 0 Å². The van der Waals surface area contributed by atoms with Crippen LogP contribution < -0.4 is 0 Å². The van der Waals surface area contributed by atoms with Crippen molar-refractivity contribution in [3.63, 3.8) is 0 Å². The molecule has 0 aromatic carbocycles. The molecule has 0 spiro atoms. The minimum absolute atomic E-state index is 0. The average molecular weight is 167 g/mol. The van der Waals surface area contributed by atoms with E-state index in [4.69, 9.17) is 18.6 Å². The summed E-state index contributed by atoms with van der Waals surface area (Å²) in [6.07, 6.45) is 0. The summed E-state index contributed by atoms with van der Waals surface area (Å²) in [5.74, 6) is 0. The van der Waals surface area contributed by atoms with Crippen LogP contribution in [-0.4, -0.2) is 0 Å². The van der Waals surface area contributed by atoms with Gasteiger partial charge in [-0.1, -0.05) is 0 Å². The molecule has 0 saturated heterocycles. The summed E-state index contributed by atoms with van der Waals surface area (Å²) in [6, 6.07) is 0. The van der Waals surface area contributed by atoms with Crippen LogP contribution in [0.2, 0.25) is 0 Å². The van der Waals surface area contributed by atoms with Gasteiger partial charge >= 0.3 is 45.2 Å². The molecule has 0 saturated carbocycles. The van der Waals surface area contributed by atoms with Gasteiger partial charge in [0.05, 0.1) is 0 Å². The molecule has 0 aliphatic carbocycles. The van der Waals surface area contributed by atoms with Gasteiger partial charge in [0.1, 0.15) is 0 Å². The maximum Gasteiger partial charge on any atom is 0 e. The van der Waals surface area contributed by atoms with E-state index in [1.165, 1.54) is 0 Å². The van der Waals surface area contributed by atoms with Gasteiger partial charge in [-0.3, -0.25) is 0 Å². The molecule has 0 bridgehead atoms. The zero-order valence-corrected chi connectivity index (χ0v) is 5.19. The summed E-state index contributed by atoms with van der Waals surface area (Å²) < 4.78 is 30.0. The third kappa shape index (κ3) is 829. The van der Waals surface area contributed by atoms with Crippen molar-refractivity contribution >= 4 is 0 Å². The summed E-state index contributed by atoms with van der Waals surface area (Å²) in [5, 5.41) is 0. The molecular weight excluding hydrogens is 167 g/mol. The van der Waals surface area contributed by atoms with Crippen LogP contribution in [0.5, 0.6) is 0 Å². The Morgan fingerprint density at radius 3 is 0.444 bits per heavy atom. The Balaban J connectivity index is -0.00000000762. The van der Waals surface area contributed by atoms with Gasteiger partial charge < -0.3 is 0 Å². The van der Waals surface area contributed by atoms with Crippen LogP contribution in [0.4, 0.5) is 0 Å². The van der Waals surface area contributed by atoms with E-state index < -0.39 is 0 Å². The molecule has 4 nitrogen and oxygen atoms in total. The Morgan fingerprint density at radius 2 is 0.444 bits per heavy atom. The first kappa shape index (κ1) is 39.2. The molecule has 9 heavy (non-hydrogen) atoms. The minimum atomic E-state index is 0. The predicted molar refractivity (Wildman–Crippen MR) is 15.7 cm³/mol. The topological polar surface area (TPSA) is 79.6 Å². The first-order valence-corrected chi connectivity index (χ1v) is 0.816. The van der Waals surface area contributed by atoms with Crippen LogP contribution in [0.1, 0.15) is 0 Å². The second-order valence-corrected chi connectivity index (χ2v) is 0. The molecule has 0 aliphatic heterocycles. The smallest absolute Gasteiger partial charge is 0 e. The van der Waals surface area contributed by atoms with E-state index >= 15 is 0 Å². The van der Waals surface area contributed by atoms with Crippen molar-refractivity contribution in [1.82, 2.24) is 0 Å². The summed E-state index contributed by atoms with van der Waals surface area (Å²) >= 11 is 0. The minimum Gasteiger partial charge on any atom is 0 e. The summed E-state index contributed by atoms with van der Waals surface area (Å²) in [7, 11) is 0. The number of hydrogen-bond acceptors (Lipinski definition) is 0. The predicted octanol–water partition coefficient (Wildman–Crippen LogP) is -0.153. The molecule has 0 amide bonds. The van der Waals surface area contributed by atoms with E-state index in [0.29, 0.717) is 0 Å². The molecule has 0 atom stereocenters. The van der Waals surface area contributed by atoms with Gasteiger partial charge in [-0.05, 0) is 0 Å². The molecule has 1 radical (unpaired) electrons. The molecule has 0 fully saturated rings. The van der Waals surface area contributed by atoms with E-state index in [0.717, 1.165) is 0 Å². The zero-order chi connectivity index (χ0) is 8.00. The molecule has 0 heterocycles. The molecule has 0 aromatic rings. The van der Waals surface area contributed by atoms with Crippen molar-refractivity contribution in [2.24, 2.45) is 0 Å². The Morgan fingerprint density at radius 1 is 0.444 bits per heavy atom. The fourth-order valence-electron chi connectivity index (χ4n) is 0. The largest absolute Gasteiger partial charge is 0 e. The third-order valence-electron chi connectivity index (χ3n) is 0. The van der Waals surface area contributed by atoms with Crippen molar-refractivity contribution in [3.05, 3.63) is 26.6 Å². The van der Waals surface area contributed by atoms with Crippen molar-refractivity contribution in [3.8, 4) is 0 Å². The summed E-state index contributed by atoms with van der Waals surface area (Å²) in [6.45, 7) is 18.0. The van der Waals surface area contributed by atoms with Crippen LogP contribution in [0, 0.1) is 26.6 Å². The van der Waals surface area contributed by atoms with Gasteiger partial charge in [0, 0.05) is 17.1 Å². The monoisotopic (exact) mass is 167 g/mol. The van der Waals surface area contributed by atoms with E-state index in [2.05, 4.69) is 26.6 Å². The fourth-order valence-corrected chi connectivity index (χ4v) is 0. The third-order valence-corrected chi connectivity index (χ3v) is 0. The van der Waals surface area contributed by atoms with Crippen molar-refractivity contribution in [2.75, 3.05) is 0 Å². The molecule has 47 valence electrons. The Hall–Kier alpha value is -0.521. The van der Waals surface area contributed by atoms with E-state index in [1.807, 2.05) is 0 Å². The molecule has 0 aliphatic rings. The Kier molecular flexibility index (Phi) is 5050. The molecular formula is C4MnO4. The zero-order valence-electron chi connectivity index (χ0n) is 4.01. The molecule has 0 N–H and O–H groups in total. The van der Waals surface area contributed by atoms with Crippen LogP contribution in [-0.2, 0) is 35.7 Å². The fraction of sp³-hybridized carbons (Fsp3) is 0. The van der Waals surface area contributed by atoms with Crippen molar-refractivity contribution in [2.45, 2.75) is 0 Å². The van der Waals surface area contributed by atoms with Crippen molar-refractivity contribution in [1.29, 1.82) is 0 Å².